The summed E-state index contributed by atoms with van der Waals surface area (Å²) < 4.78 is 0. The second kappa shape index (κ2) is 12.6. The van der Waals surface area contributed by atoms with Crippen LogP contribution in [0.3, 0.4) is 0 Å². The average Bonchev–Trinajstić information content (AvgIpc) is 3.14. The molecule has 1 atom stereocenters. The summed E-state index contributed by atoms with van der Waals surface area (Å²) in [5.74, 6) is -0.0969. The third-order valence-corrected chi connectivity index (χ3v) is 7.04. The summed E-state index contributed by atoms with van der Waals surface area (Å²) in [7, 11) is 1.85. The van der Waals surface area contributed by atoms with E-state index >= 15 is 0 Å². The van der Waals surface area contributed by atoms with Gasteiger partial charge in [-0.15, -0.1) is 0 Å². The molecule has 33 heavy (non-hydrogen) atoms. The zero-order chi connectivity index (χ0) is 23.6. The molecule has 1 N–H and O–H groups in total. The molecule has 1 aliphatic rings. The molecule has 0 aromatic heterocycles. The molecular formula is C27H34N2O3S. The summed E-state index contributed by atoms with van der Waals surface area (Å²) in [4.78, 5) is 38.3. The van der Waals surface area contributed by atoms with Crippen molar-refractivity contribution >= 4 is 28.8 Å². The van der Waals surface area contributed by atoms with Crippen LogP contribution in [-0.4, -0.2) is 34.3 Å². The molecule has 176 valence electrons. The van der Waals surface area contributed by atoms with Crippen molar-refractivity contribution in [2.75, 3.05) is 7.05 Å². The quantitative estimate of drug-likeness (QED) is 0.392. The molecule has 5 nitrogen and oxygen atoms in total. The van der Waals surface area contributed by atoms with Gasteiger partial charge in [-0.1, -0.05) is 93.3 Å². The second-order valence-electron chi connectivity index (χ2n) is 8.70. The normalized spacial score (nSPS) is 15.5. The van der Waals surface area contributed by atoms with Gasteiger partial charge in [-0.3, -0.25) is 19.7 Å². The molecule has 1 saturated heterocycles. The highest BCUT2D eigenvalue weighted by molar-refractivity contribution is 8.15. The summed E-state index contributed by atoms with van der Waals surface area (Å²) in [6.07, 6.45) is 7.96. The maximum Gasteiger partial charge on any atom is 0.286 e. The van der Waals surface area contributed by atoms with Crippen LogP contribution in [0.4, 0.5) is 4.79 Å². The molecule has 1 unspecified atom stereocenters. The summed E-state index contributed by atoms with van der Waals surface area (Å²) in [5.41, 5.74) is 4.19. The van der Waals surface area contributed by atoms with Gasteiger partial charge in [0.15, 0.2) is 0 Å². The third kappa shape index (κ3) is 7.46. The SMILES string of the molecule is CCCCCCCCC(=O)N(C)Cc1cc(-c2ccccc2)ccc1CC1SC(=O)NC1=O. The fourth-order valence-corrected chi connectivity index (χ4v) is 4.95. The lowest BCUT2D eigenvalue weighted by atomic mass is 9.96. The molecule has 0 aliphatic carbocycles. The van der Waals surface area contributed by atoms with Crippen molar-refractivity contribution < 1.29 is 14.4 Å². The first-order valence-electron chi connectivity index (χ1n) is 11.9. The lowest BCUT2D eigenvalue weighted by Crippen LogP contribution is -2.28. The number of carbonyl (C=O) groups is 3. The second-order valence-corrected chi connectivity index (χ2v) is 9.88. The number of amides is 3. The van der Waals surface area contributed by atoms with Gasteiger partial charge in [-0.25, -0.2) is 0 Å². The molecule has 0 saturated carbocycles. The fraction of sp³-hybridized carbons (Fsp3) is 0.444. The summed E-state index contributed by atoms with van der Waals surface area (Å²) in [6, 6.07) is 16.3. The Hall–Kier alpha value is -2.60. The van der Waals surface area contributed by atoms with Crippen molar-refractivity contribution in [3.63, 3.8) is 0 Å². The Kier molecular flexibility index (Phi) is 9.55. The number of nitrogens with one attached hydrogen (secondary N) is 1. The van der Waals surface area contributed by atoms with Gasteiger partial charge >= 0.3 is 0 Å². The molecule has 0 radical (unpaired) electrons. The Morgan fingerprint density at radius 2 is 1.67 bits per heavy atom. The lowest BCUT2D eigenvalue weighted by molar-refractivity contribution is -0.130. The lowest BCUT2D eigenvalue weighted by Gasteiger charge is -2.21. The first-order chi connectivity index (χ1) is 16.0. The Morgan fingerprint density at radius 1 is 0.939 bits per heavy atom. The first kappa shape index (κ1) is 25.0. The third-order valence-electron chi connectivity index (χ3n) is 6.06. The highest BCUT2D eigenvalue weighted by Crippen LogP contribution is 2.28. The van der Waals surface area contributed by atoms with E-state index in [2.05, 4.69) is 30.4 Å². The minimum Gasteiger partial charge on any atom is -0.341 e. The minimum absolute atomic E-state index is 0.143. The highest BCUT2D eigenvalue weighted by atomic mass is 32.2. The number of hydrogen-bond donors (Lipinski definition) is 1. The van der Waals surface area contributed by atoms with Gasteiger partial charge in [0.25, 0.3) is 5.24 Å². The Balaban J connectivity index is 1.70. The van der Waals surface area contributed by atoms with Gasteiger partial charge in [0, 0.05) is 20.0 Å². The van der Waals surface area contributed by atoms with Gasteiger partial charge < -0.3 is 4.90 Å². The standard InChI is InChI=1S/C27H34N2O3S/c1-3-4-5-6-7-11-14-25(30)29(2)19-23-17-21(20-12-9-8-10-13-20)15-16-22(23)18-24-26(31)28-27(32)33-24/h8-10,12-13,15-17,24H,3-7,11,14,18-19H2,1-2H3,(H,28,31,32). The van der Waals surface area contributed by atoms with Crippen LogP contribution in [0.2, 0.25) is 0 Å². The van der Waals surface area contributed by atoms with E-state index in [9.17, 15) is 14.4 Å². The van der Waals surface area contributed by atoms with E-state index in [1.54, 1.807) is 4.90 Å². The van der Waals surface area contributed by atoms with Crippen LogP contribution >= 0.6 is 11.8 Å². The number of rotatable bonds is 12. The topological polar surface area (TPSA) is 66.5 Å². The van der Waals surface area contributed by atoms with Crippen molar-refractivity contribution in [2.45, 2.75) is 70.1 Å². The Bertz CT molecular complexity index is 961. The smallest absolute Gasteiger partial charge is 0.286 e. The summed E-state index contributed by atoms with van der Waals surface area (Å²) >= 11 is 1.04. The number of imide groups is 1. The van der Waals surface area contributed by atoms with Crippen LogP contribution in [0.5, 0.6) is 0 Å². The summed E-state index contributed by atoms with van der Waals surface area (Å²) in [6.45, 7) is 2.69. The molecule has 2 aromatic carbocycles. The van der Waals surface area contributed by atoms with E-state index in [1.807, 2.05) is 37.4 Å². The van der Waals surface area contributed by atoms with Gasteiger partial charge in [0.05, 0.1) is 5.25 Å². The predicted octanol–water partition coefficient (Wildman–Crippen LogP) is 5.96. The molecule has 1 heterocycles. The van der Waals surface area contributed by atoms with Crippen molar-refractivity contribution in [2.24, 2.45) is 0 Å². The minimum atomic E-state index is -0.428. The number of hydrogen-bond acceptors (Lipinski definition) is 4. The van der Waals surface area contributed by atoms with Crippen molar-refractivity contribution in [1.29, 1.82) is 0 Å². The average molecular weight is 467 g/mol. The van der Waals surface area contributed by atoms with Crippen LogP contribution < -0.4 is 5.32 Å². The van der Waals surface area contributed by atoms with Gasteiger partial charge in [0.2, 0.25) is 11.8 Å². The maximum absolute atomic E-state index is 12.8. The van der Waals surface area contributed by atoms with Crippen molar-refractivity contribution in [1.82, 2.24) is 10.2 Å². The number of thioether (sulfide) groups is 1. The van der Waals surface area contributed by atoms with Crippen LogP contribution in [0.25, 0.3) is 11.1 Å². The molecule has 0 spiro atoms. The van der Waals surface area contributed by atoms with E-state index in [0.717, 1.165) is 46.9 Å². The molecule has 3 amide bonds. The first-order valence-corrected chi connectivity index (χ1v) is 12.8. The number of benzene rings is 2. The number of carbonyl (C=O) groups excluding carboxylic acids is 3. The molecular weight excluding hydrogens is 432 g/mol. The van der Waals surface area contributed by atoms with E-state index < -0.39 is 5.25 Å². The van der Waals surface area contributed by atoms with Crippen LogP contribution in [-0.2, 0) is 22.6 Å². The van der Waals surface area contributed by atoms with Gasteiger partial charge in [0.1, 0.15) is 0 Å². The molecule has 1 aliphatic heterocycles. The van der Waals surface area contributed by atoms with E-state index in [1.165, 1.54) is 25.7 Å². The van der Waals surface area contributed by atoms with Crippen molar-refractivity contribution in [3.05, 3.63) is 59.7 Å². The van der Waals surface area contributed by atoms with Crippen LogP contribution in [0.15, 0.2) is 48.5 Å². The van der Waals surface area contributed by atoms with Crippen LogP contribution in [0.1, 0.15) is 63.0 Å². The Morgan fingerprint density at radius 3 is 2.36 bits per heavy atom. The predicted molar refractivity (Wildman–Crippen MR) is 135 cm³/mol. The van der Waals surface area contributed by atoms with Crippen LogP contribution in [0, 0.1) is 0 Å². The monoisotopic (exact) mass is 466 g/mol. The summed E-state index contributed by atoms with van der Waals surface area (Å²) in [5, 5.41) is 1.64. The zero-order valence-corrected chi connectivity index (χ0v) is 20.5. The number of nitrogens with zero attached hydrogens (tertiary/aromatic N) is 1. The van der Waals surface area contributed by atoms with E-state index in [0.29, 0.717) is 19.4 Å². The molecule has 3 rings (SSSR count). The highest BCUT2D eigenvalue weighted by Gasteiger charge is 2.32. The molecule has 2 aromatic rings. The van der Waals surface area contributed by atoms with Gasteiger partial charge in [-0.05, 0) is 41.2 Å². The van der Waals surface area contributed by atoms with Crippen molar-refractivity contribution in [3.8, 4) is 11.1 Å². The fourth-order valence-electron chi connectivity index (χ4n) is 4.10. The Labute approximate surface area is 201 Å². The van der Waals surface area contributed by atoms with E-state index in [-0.39, 0.29) is 17.1 Å². The van der Waals surface area contributed by atoms with Gasteiger partial charge in [-0.2, -0.15) is 0 Å². The zero-order valence-electron chi connectivity index (χ0n) is 19.6. The number of unbranched alkanes of at least 4 members (excludes halogenated alkanes) is 5. The maximum atomic E-state index is 12.8. The largest absolute Gasteiger partial charge is 0.341 e. The molecule has 6 heteroatoms. The molecule has 0 bridgehead atoms. The molecule has 1 fully saturated rings. The van der Waals surface area contributed by atoms with E-state index in [4.69, 9.17) is 0 Å².